The summed E-state index contributed by atoms with van der Waals surface area (Å²) in [5.41, 5.74) is 2.28. The fourth-order valence-corrected chi connectivity index (χ4v) is 2.77. The molecule has 20 heavy (non-hydrogen) atoms. The molecule has 1 atom stereocenters. The summed E-state index contributed by atoms with van der Waals surface area (Å²) in [6.07, 6.45) is 7.56. The normalized spacial score (nSPS) is 12.4. The van der Waals surface area contributed by atoms with Gasteiger partial charge in [-0.2, -0.15) is 0 Å². The van der Waals surface area contributed by atoms with Crippen molar-refractivity contribution in [3.8, 4) is 11.3 Å². The molecule has 3 aromatic rings. The van der Waals surface area contributed by atoms with Crippen molar-refractivity contribution in [2.45, 2.75) is 19.5 Å². The van der Waals surface area contributed by atoms with E-state index < -0.39 is 0 Å². The minimum Gasteiger partial charge on any atom is -0.337 e. The molecule has 0 bridgehead atoms. The zero-order valence-electron chi connectivity index (χ0n) is 11.2. The van der Waals surface area contributed by atoms with Gasteiger partial charge in [0.1, 0.15) is 0 Å². The van der Waals surface area contributed by atoms with Crippen LogP contribution < -0.4 is 0 Å². The van der Waals surface area contributed by atoms with Crippen LogP contribution in [-0.4, -0.2) is 19.1 Å². The van der Waals surface area contributed by atoms with Gasteiger partial charge in [0, 0.05) is 25.1 Å². The summed E-state index contributed by atoms with van der Waals surface area (Å²) in [7, 11) is 0. The third-order valence-corrected chi connectivity index (χ3v) is 3.67. The van der Waals surface area contributed by atoms with Gasteiger partial charge >= 0.3 is 0 Å². The number of rotatable bonds is 4. The second-order valence-corrected chi connectivity index (χ2v) is 5.21. The Labute approximate surface area is 122 Å². The SMILES string of the molecule is CC(Cn1ccnc1)n1c(-c2ccccc2)c[nH]c1=S. The van der Waals surface area contributed by atoms with E-state index in [0.717, 1.165) is 22.6 Å². The number of benzene rings is 1. The Balaban J connectivity index is 1.97. The van der Waals surface area contributed by atoms with Crippen molar-refractivity contribution in [1.29, 1.82) is 0 Å². The lowest BCUT2D eigenvalue weighted by molar-refractivity contribution is 0.463. The van der Waals surface area contributed by atoms with E-state index in [1.54, 1.807) is 6.20 Å². The summed E-state index contributed by atoms with van der Waals surface area (Å²) < 4.78 is 4.97. The molecule has 5 heteroatoms. The highest BCUT2D eigenvalue weighted by atomic mass is 32.1. The highest BCUT2D eigenvalue weighted by molar-refractivity contribution is 7.71. The number of H-pyrrole nitrogens is 1. The second-order valence-electron chi connectivity index (χ2n) is 4.82. The maximum atomic E-state index is 5.43. The van der Waals surface area contributed by atoms with Crippen LogP contribution in [0, 0.1) is 4.77 Å². The van der Waals surface area contributed by atoms with Crippen molar-refractivity contribution in [2.75, 3.05) is 0 Å². The molecule has 102 valence electrons. The number of hydrogen-bond donors (Lipinski definition) is 1. The monoisotopic (exact) mass is 284 g/mol. The molecule has 0 saturated carbocycles. The molecular weight excluding hydrogens is 268 g/mol. The van der Waals surface area contributed by atoms with Gasteiger partial charge in [-0.3, -0.25) is 0 Å². The first-order valence-corrected chi connectivity index (χ1v) is 6.97. The fraction of sp³-hybridized carbons (Fsp3) is 0.200. The van der Waals surface area contributed by atoms with Crippen LogP contribution in [0.25, 0.3) is 11.3 Å². The number of nitrogens with zero attached hydrogens (tertiary/aromatic N) is 3. The van der Waals surface area contributed by atoms with E-state index in [1.807, 2.05) is 36.9 Å². The van der Waals surface area contributed by atoms with Crippen molar-refractivity contribution in [1.82, 2.24) is 19.1 Å². The van der Waals surface area contributed by atoms with E-state index in [-0.39, 0.29) is 6.04 Å². The van der Waals surface area contributed by atoms with Gasteiger partial charge in [-0.15, -0.1) is 0 Å². The van der Waals surface area contributed by atoms with Crippen LogP contribution in [0.15, 0.2) is 55.2 Å². The van der Waals surface area contributed by atoms with Crippen LogP contribution in [0.5, 0.6) is 0 Å². The lowest BCUT2D eigenvalue weighted by Gasteiger charge is -2.17. The Morgan fingerprint density at radius 3 is 2.80 bits per heavy atom. The quantitative estimate of drug-likeness (QED) is 0.742. The Kier molecular flexibility index (Phi) is 3.52. The third kappa shape index (κ3) is 2.44. The molecule has 0 fully saturated rings. The van der Waals surface area contributed by atoms with Crippen LogP contribution in [0.1, 0.15) is 13.0 Å². The molecule has 0 amide bonds. The van der Waals surface area contributed by atoms with E-state index in [4.69, 9.17) is 12.2 Å². The van der Waals surface area contributed by atoms with Gasteiger partial charge in [-0.1, -0.05) is 30.3 Å². The predicted molar refractivity (Wildman–Crippen MR) is 82.0 cm³/mol. The maximum Gasteiger partial charge on any atom is 0.177 e. The number of nitrogens with one attached hydrogen (secondary N) is 1. The van der Waals surface area contributed by atoms with Crippen LogP contribution in [0.4, 0.5) is 0 Å². The van der Waals surface area contributed by atoms with Crippen molar-refractivity contribution >= 4 is 12.2 Å². The second kappa shape index (κ2) is 5.46. The molecule has 1 aromatic carbocycles. The zero-order valence-corrected chi connectivity index (χ0v) is 12.0. The van der Waals surface area contributed by atoms with Gasteiger partial charge in [0.2, 0.25) is 0 Å². The summed E-state index contributed by atoms with van der Waals surface area (Å²) in [5.74, 6) is 0. The first-order chi connectivity index (χ1) is 9.75. The average Bonchev–Trinajstić information content (AvgIpc) is 3.09. The first kappa shape index (κ1) is 12.9. The van der Waals surface area contributed by atoms with Gasteiger partial charge < -0.3 is 14.1 Å². The minimum absolute atomic E-state index is 0.248. The molecule has 0 radical (unpaired) electrons. The molecule has 0 aliphatic heterocycles. The maximum absolute atomic E-state index is 5.43. The molecule has 3 rings (SSSR count). The molecule has 0 aliphatic rings. The van der Waals surface area contributed by atoms with Gasteiger partial charge in [0.15, 0.2) is 4.77 Å². The van der Waals surface area contributed by atoms with E-state index in [2.05, 4.69) is 38.2 Å². The third-order valence-electron chi connectivity index (χ3n) is 3.36. The molecule has 0 saturated heterocycles. The summed E-state index contributed by atoms with van der Waals surface area (Å²) in [4.78, 5) is 7.23. The van der Waals surface area contributed by atoms with Crippen molar-refractivity contribution in [3.05, 3.63) is 60.0 Å². The molecule has 2 aromatic heterocycles. The van der Waals surface area contributed by atoms with Gasteiger partial charge in [0.05, 0.1) is 18.1 Å². The number of aromatic nitrogens is 4. The van der Waals surface area contributed by atoms with Gasteiger partial charge in [-0.25, -0.2) is 4.98 Å². The smallest absolute Gasteiger partial charge is 0.177 e. The van der Waals surface area contributed by atoms with Gasteiger partial charge in [-0.05, 0) is 24.7 Å². The topological polar surface area (TPSA) is 38.5 Å². The van der Waals surface area contributed by atoms with Crippen molar-refractivity contribution < 1.29 is 0 Å². The predicted octanol–water partition coefficient (Wildman–Crippen LogP) is 3.67. The fourth-order valence-electron chi connectivity index (χ4n) is 2.43. The van der Waals surface area contributed by atoms with E-state index >= 15 is 0 Å². The van der Waals surface area contributed by atoms with Crippen molar-refractivity contribution in [2.24, 2.45) is 0 Å². The zero-order chi connectivity index (χ0) is 13.9. The van der Waals surface area contributed by atoms with Crippen LogP contribution in [0.3, 0.4) is 0 Å². The van der Waals surface area contributed by atoms with Crippen molar-refractivity contribution in [3.63, 3.8) is 0 Å². The highest BCUT2D eigenvalue weighted by Crippen LogP contribution is 2.23. The molecule has 1 N–H and O–H groups in total. The molecule has 2 heterocycles. The number of hydrogen-bond acceptors (Lipinski definition) is 2. The molecule has 4 nitrogen and oxygen atoms in total. The van der Waals surface area contributed by atoms with E-state index in [1.165, 1.54) is 0 Å². The standard InChI is InChI=1S/C15H16N4S/c1-12(10-18-8-7-16-11-18)19-14(9-17-15(19)20)13-5-3-2-4-6-13/h2-9,11-12H,10H2,1H3,(H,17,20). The Bertz CT molecular complexity index is 725. The number of aromatic amines is 1. The summed E-state index contributed by atoms with van der Waals surface area (Å²) >= 11 is 5.43. The largest absolute Gasteiger partial charge is 0.337 e. The Morgan fingerprint density at radius 1 is 1.30 bits per heavy atom. The lowest BCUT2D eigenvalue weighted by Crippen LogP contribution is -2.13. The van der Waals surface area contributed by atoms with E-state index in [0.29, 0.717) is 0 Å². The molecule has 0 aliphatic carbocycles. The average molecular weight is 284 g/mol. The highest BCUT2D eigenvalue weighted by Gasteiger charge is 2.13. The van der Waals surface area contributed by atoms with E-state index in [9.17, 15) is 0 Å². The van der Waals surface area contributed by atoms with Crippen LogP contribution >= 0.6 is 12.2 Å². The molecular formula is C15H16N4S. The first-order valence-electron chi connectivity index (χ1n) is 6.57. The molecule has 1 unspecified atom stereocenters. The summed E-state index contributed by atoms with van der Waals surface area (Å²) in [5, 5.41) is 0. The Morgan fingerprint density at radius 2 is 2.10 bits per heavy atom. The minimum atomic E-state index is 0.248. The summed E-state index contributed by atoms with van der Waals surface area (Å²) in [6, 6.07) is 10.5. The van der Waals surface area contributed by atoms with Crippen LogP contribution in [-0.2, 0) is 6.54 Å². The Hall–Kier alpha value is -2.14. The summed E-state index contributed by atoms with van der Waals surface area (Å²) in [6.45, 7) is 3.00. The van der Waals surface area contributed by atoms with Gasteiger partial charge in [0.25, 0.3) is 0 Å². The molecule has 0 spiro atoms. The number of imidazole rings is 2. The van der Waals surface area contributed by atoms with Crippen LogP contribution in [0.2, 0.25) is 0 Å². The lowest BCUT2D eigenvalue weighted by atomic mass is 10.1.